The van der Waals surface area contributed by atoms with Gasteiger partial charge in [-0.15, -0.1) is 0 Å². The second kappa shape index (κ2) is 5.68. The lowest BCUT2D eigenvalue weighted by Crippen LogP contribution is -2.45. The van der Waals surface area contributed by atoms with Crippen LogP contribution in [0.2, 0.25) is 0 Å². The average molecular weight is 274 g/mol. The molecule has 18 heavy (non-hydrogen) atoms. The summed E-state index contributed by atoms with van der Waals surface area (Å²) < 4.78 is 30.8. The van der Waals surface area contributed by atoms with E-state index in [0.717, 1.165) is 26.2 Å². The van der Waals surface area contributed by atoms with E-state index in [1.807, 2.05) is 0 Å². The van der Waals surface area contributed by atoms with Crippen molar-refractivity contribution in [2.24, 2.45) is 0 Å². The van der Waals surface area contributed by atoms with E-state index in [1.165, 1.54) is 0 Å². The van der Waals surface area contributed by atoms with Gasteiger partial charge in [0.25, 0.3) is 0 Å². The lowest BCUT2D eigenvalue weighted by atomic mass is 10.4. The highest BCUT2D eigenvalue weighted by molar-refractivity contribution is 7.92. The van der Waals surface area contributed by atoms with Crippen LogP contribution in [0.15, 0.2) is 10.6 Å². The van der Waals surface area contributed by atoms with Gasteiger partial charge in [-0.3, -0.25) is 9.62 Å². The van der Waals surface area contributed by atoms with Crippen molar-refractivity contribution in [2.45, 2.75) is 6.92 Å². The van der Waals surface area contributed by atoms with E-state index < -0.39 is 10.0 Å². The smallest absolute Gasteiger partial charge is 0.238 e. The van der Waals surface area contributed by atoms with Crippen molar-refractivity contribution in [1.29, 1.82) is 0 Å². The first-order valence-corrected chi connectivity index (χ1v) is 7.57. The molecule has 0 amide bonds. The molecule has 0 aromatic carbocycles. The zero-order valence-corrected chi connectivity index (χ0v) is 11.2. The van der Waals surface area contributed by atoms with E-state index in [-0.39, 0.29) is 11.6 Å². The minimum Gasteiger partial charge on any atom is -0.338 e. The molecule has 102 valence electrons. The van der Waals surface area contributed by atoms with Crippen LogP contribution in [0.4, 0.5) is 5.88 Å². The molecule has 0 radical (unpaired) electrons. The maximum atomic E-state index is 11.8. The SMILES string of the molecule is Cc1cc(NS(=O)(=O)CCN2CCNCC2)on1. The normalized spacial score (nSPS) is 17.8. The number of rotatable bonds is 5. The third kappa shape index (κ3) is 3.97. The first kappa shape index (κ1) is 13.3. The van der Waals surface area contributed by atoms with Crippen molar-refractivity contribution in [2.75, 3.05) is 43.2 Å². The zero-order chi connectivity index (χ0) is 13.0. The summed E-state index contributed by atoms with van der Waals surface area (Å²) in [4.78, 5) is 2.13. The number of aromatic nitrogens is 1. The van der Waals surface area contributed by atoms with Gasteiger partial charge in [0.15, 0.2) is 0 Å². The van der Waals surface area contributed by atoms with E-state index >= 15 is 0 Å². The molecule has 7 nitrogen and oxygen atoms in total. The summed E-state index contributed by atoms with van der Waals surface area (Å²) >= 11 is 0. The van der Waals surface area contributed by atoms with E-state index in [2.05, 4.69) is 20.1 Å². The highest BCUT2D eigenvalue weighted by atomic mass is 32.2. The number of sulfonamides is 1. The van der Waals surface area contributed by atoms with Crippen molar-refractivity contribution in [1.82, 2.24) is 15.4 Å². The minimum absolute atomic E-state index is 0.0622. The molecule has 2 N–H and O–H groups in total. The van der Waals surface area contributed by atoms with Gasteiger partial charge in [0.2, 0.25) is 15.9 Å². The summed E-state index contributed by atoms with van der Waals surface area (Å²) in [7, 11) is -3.37. The molecule has 2 heterocycles. The van der Waals surface area contributed by atoms with Crippen molar-refractivity contribution in [3.8, 4) is 0 Å². The highest BCUT2D eigenvalue weighted by Gasteiger charge is 2.16. The predicted molar refractivity (Wildman–Crippen MR) is 68.0 cm³/mol. The van der Waals surface area contributed by atoms with Crippen molar-refractivity contribution in [3.05, 3.63) is 11.8 Å². The molecule has 0 atom stereocenters. The largest absolute Gasteiger partial charge is 0.338 e. The third-order valence-corrected chi connectivity index (χ3v) is 4.00. The molecule has 0 saturated carbocycles. The van der Waals surface area contributed by atoms with Crippen LogP contribution in [0.5, 0.6) is 0 Å². The number of anilines is 1. The summed E-state index contributed by atoms with van der Waals surface area (Å²) in [6.07, 6.45) is 0. The summed E-state index contributed by atoms with van der Waals surface area (Å²) in [5.41, 5.74) is 0.648. The Labute approximate surface area is 107 Å². The molecule has 1 fully saturated rings. The number of nitrogens with one attached hydrogen (secondary N) is 2. The number of hydrogen-bond donors (Lipinski definition) is 2. The minimum atomic E-state index is -3.37. The van der Waals surface area contributed by atoms with Crippen LogP contribution < -0.4 is 10.0 Å². The fourth-order valence-corrected chi connectivity index (χ4v) is 2.80. The lowest BCUT2D eigenvalue weighted by molar-refractivity contribution is 0.254. The van der Waals surface area contributed by atoms with Crippen LogP contribution in [0.1, 0.15) is 5.69 Å². The van der Waals surface area contributed by atoms with Crippen LogP contribution in [-0.4, -0.2) is 57.0 Å². The highest BCUT2D eigenvalue weighted by Crippen LogP contribution is 2.10. The van der Waals surface area contributed by atoms with Gasteiger partial charge in [-0.2, -0.15) is 0 Å². The molecule has 0 bridgehead atoms. The van der Waals surface area contributed by atoms with Crippen LogP contribution in [-0.2, 0) is 10.0 Å². The summed E-state index contributed by atoms with van der Waals surface area (Å²) in [5, 5.41) is 6.85. The van der Waals surface area contributed by atoms with Crippen LogP contribution in [0.3, 0.4) is 0 Å². The second-order valence-corrected chi connectivity index (χ2v) is 6.19. The van der Waals surface area contributed by atoms with Crippen LogP contribution >= 0.6 is 0 Å². The average Bonchev–Trinajstić information content (AvgIpc) is 2.73. The molecule has 0 aliphatic carbocycles. The van der Waals surface area contributed by atoms with Crippen LogP contribution in [0.25, 0.3) is 0 Å². The molecule has 1 aliphatic rings. The maximum absolute atomic E-state index is 11.8. The van der Waals surface area contributed by atoms with Gasteiger partial charge in [-0.05, 0) is 6.92 Å². The Balaban J connectivity index is 1.83. The molecule has 1 saturated heterocycles. The Morgan fingerprint density at radius 3 is 2.83 bits per heavy atom. The fraction of sp³-hybridized carbons (Fsp3) is 0.700. The van der Waals surface area contributed by atoms with Gasteiger partial charge in [0.05, 0.1) is 11.4 Å². The molecular formula is C10H18N4O3S. The quantitative estimate of drug-likeness (QED) is 0.762. The van der Waals surface area contributed by atoms with E-state index in [9.17, 15) is 8.42 Å². The molecule has 1 aromatic rings. The fourth-order valence-electron chi connectivity index (χ4n) is 1.80. The molecular weight excluding hydrogens is 256 g/mol. The Kier molecular flexibility index (Phi) is 4.20. The number of piperazine rings is 1. The first-order valence-electron chi connectivity index (χ1n) is 5.92. The van der Waals surface area contributed by atoms with E-state index in [4.69, 9.17) is 4.52 Å². The number of aryl methyl sites for hydroxylation is 1. The van der Waals surface area contributed by atoms with E-state index in [1.54, 1.807) is 13.0 Å². The van der Waals surface area contributed by atoms with Crippen molar-refractivity contribution < 1.29 is 12.9 Å². The van der Waals surface area contributed by atoms with Gasteiger partial charge >= 0.3 is 0 Å². The molecule has 1 aliphatic heterocycles. The molecule has 8 heteroatoms. The van der Waals surface area contributed by atoms with E-state index in [0.29, 0.717) is 12.2 Å². The Morgan fingerprint density at radius 1 is 1.50 bits per heavy atom. The van der Waals surface area contributed by atoms with Gasteiger partial charge in [0, 0.05) is 38.8 Å². The number of nitrogens with zero attached hydrogens (tertiary/aromatic N) is 2. The van der Waals surface area contributed by atoms with Gasteiger partial charge < -0.3 is 9.84 Å². The van der Waals surface area contributed by atoms with Crippen molar-refractivity contribution >= 4 is 15.9 Å². The summed E-state index contributed by atoms with van der Waals surface area (Å²) in [6.45, 7) is 5.86. The third-order valence-electron chi connectivity index (χ3n) is 2.77. The summed E-state index contributed by atoms with van der Waals surface area (Å²) in [5.74, 6) is 0.236. The molecule has 2 rings (SSSR count). The lowest BCUT2D eigenvalue weighted by Gasteiger charge is -2.26. The standard InChI is InChI=1S/C10H18N4O3S/c1-9-8-10(17-12-9)13-18(15,16)7-6-14-4-2-11-3-5-14/h8,11,13H,2-7H2,1H3. The summed E-state index contributed by atoms with van der Waals surface area (Å²) in [6, 6.07) is 1.56. The van der Waals surface area contributed by atoms with Crippen LogP contribution in [0, 0.1) is 6.92 Å². The predicted octanol–water partition coefficient (Wildman–Crippen LogP) is -0.370. The maximum Gasteiger partial charge on any atom is 0.238 e. The van der Waals surface area contributed by atoms with Gasteiger partial charge in [-0.1, -0.05) is 5.16 Å². The topological polar surface area (TPSA) is 87.5 Å². The molecule has 1 aromatic heterocycles. The Morgan fingerprint density at radius 2 is 2.22 bits per heavy atom. The number of hydrogen-bond acceptors (Lipinski definition) is 6. The Bertz CT molecular complexity index is 479. The Hall–Kier alpha value is -1.12. The van der Waals surface area contributed by atoms with Gasteiger partial charge in [-0.25, -0.2) is 8.42 Å². The molecule has 0 unspecified atom stereocenters. The monoisotopic (exact) mass is 274 g/mol. The van der Waals surface area contributed by atoms with Gasteiger partial charge in [0.1, 0.15) is 0 Å². The zero-order valence-electron chi connectivity index (χ0n) is 10.3. The first-order chi connectivity index (χ1) is 8.55. The second-order valence-electron chi connectivity index (χ2n) is 4.35. The molecule has 0 spiro atoms. The van der Waals surface area contributed by atoms with Crippen molar-refractivity contribution in [3.63, 3.8) is 0 Å².